The van der Waals surface area contributed by atoms with E-state index in [0.29, 0.717) is 5.56 Å². The van der Waals surface area contributed by atoms with Crippen LogP contribution in [0.25, 0.3) is 0 Å². The van der Waals surface area contributed by atoms with Crippen LogP contribution in [-0.2, 0) is 6.42 Å². The van der Waals surface area contributed by atoms with Crippen LogP contribution in [-0.4, -0.2) is 0 Å². The van der Waals surface area contributed by atoms with E-state index in [1.807, 2.05) is 6.07 Å². The van der Waals surface area contributed by atoms with E-state index < -0.39 is 0 Å². The molecule has 3 heteroatoms. The molecule has 70 valence electrons. The van der Waals surface area contributed by atoms with Gasteiger partial charge in [0.25, 0.3) is 0 Å². The Hall–Kier alpha value is -1.43. The van der Waals surface area contributed by atoms with E-state index >= 15 is 0 Å². The molecule has 0 fully saturated rings. The molecule has 0 aromatic carbocycles. The van der Waals surface area contributed by atoms with Gasteiger partial charge in [-0.05, 0) is 12.5 Å². The van der Waals surface area contributed by atoms with Gasteiger partial charge < -0.3 is 10.2 Å². The van der Waals surface area contributed by atoms with Crippen LogP contribution in [0.4, 0.5) is 5.88 Å². The third kappa shape index (κ3) is 2.51. The summed E-state index contributed by atoms with van der Waals surface area (Å²) in [6, 6.07) is 3.71. The van der Waals surface area contributed by atoms with Gasteiger partial charge in [0, 0.05) is 6.42 Å². The number of aryl methyl sites for hydroxylation is 1. The maximum absolute atomic E-state index is 8.61. The van der Waals surface area contributed by atoms with E-state index in [1.54, 1.807) is 6.07 Å². The molecule has 0 aliphatic rings. The van der Waals surface area contributed by atoms with Crippen LogP contribution in [0.15, 0.2) is 10.5 Å². The van der Waals surface area contributed by atoms with E-state index in [0.717, 1.165) is 18.6 Å². The molecule has 0 spiro atoms. The van der Waals surface area contributed by atoms with E-state index in [4.69, 9.17) is 15.4 Å². The van der Waals surface area contributed by atoms with Crippen molar-refractivity contribution in [1.29, 1.82) is 5.26 Å². The summed E-state index contributed by atoms with van der Waals surface area (Å²) in [6.07, 6.45) is 4.33. The molecule has 1 aromatic rings. The van der Waals surface area contributed by atoms with Gasteiger partial charge in [-0.15, -0.1) is 0 Å². The molecule has 1 aromatic heterocycles. The van der Waals surface area contributed by atoms with Gasteiger partial charge in [-0.2, -0.15) is 5.26 Å². The Morgan fingerprint density at radius 3 is 2.85 bits per heavy atom. The first kappa shape index (κ1) is 9.66. The standard InChI is InChI=1S/C10H14N2O/c1-2-3-4-5-9-6-8(7-11)10(12)13-9/h6H,2-5,12H2,1H3. The Morgan fingerprint density at radius 1 is 1.54 bits per heavy atom. The summed E-state index contributed by atoms with van der Waals surface area (Å²) in [7, 11) is 0. The minimum Gasteiger partial charge on any atom is -0.445 e. The van der Waals surface area contributed by atoms with Crippen LogP contribution < -0.4 is 5.73 Å². The Bertz CT molecular complexity index is 309. The summed E-state index contributed by atoms with van der Waals surface area (Å²) in [4.78, 5) is 0. The number of furan rings is 1. The Kier molecular flexibility index (Phi) is 3.39. The highest BCUT2D eigenvalue weighted by atomic mass is 16.4. The number of anilines is 1. The summed E-state index contributed by atoms with van der Waals surface area (Å²) < 4.78 is 5.21. The van der Waals surface area contributed by atoms with Crippen molar-refractivity contribution >= 4 is 5.88 Å². The second kappa shape index (κ2) is 4.56. The smallest absolute Gasteiger partial charge is 0.208 e. The fourth-order valence-electron chi connectivity index (χ4n) is 1.22. The second-order valence-corrected chi connectivity index (χ2v) is 3.06. The minimum atomic E-state index is 0.244. The van der Waals surface area contributed by atoms with Crippen molar-refractivity contribution in [2.45, 2.75) is 32.6 Å². The molecular weight excluding hydrogens is 164 g/mol. The molecule has 0 saturated heterocycles. The molecule has 0 aliphatic carbocycles. The summed E-state index contributed by atoms with van der Waals surface area (Å²) in [6.45, 7) is 2.15. The number of hydrogen-bond donors (Lipinski definition) is 1. The van der Waals surface area contributed by atoms with Crippen LogP contribution in [0.3, 0.4) is 0 Å². The SMILES string of the molecule is CCCCCc1cc(C#N)c(N)o1. The lowest BCUT2D eigenvalue weighted by atomic mass is 10.1. The molecule has 0 radical (unpaired) electrons. The van der Waals surface area contributed by atoms with Crippen LogP contribution >= 0.6 is 0 Å². The molecule has 0 saturated carbocycles. The third-order valence-corrected chi connectivity index (χ3v) is 1.96. The molecule has 0 unspecified atom stereocenters. The molecule has 0 aliphatic heterocycles. The molecule has 1 rings (SSSR count). The summed E-state index contributed by atoms with van der Waals surface area (Å²) in [5, 5.41) is 8.61. The molecule has 3 nitrogen and oxygen atoms in total. The Balaban J connectivity index is 2.54. The number of hydrogen-bond acceptors (Lipinski definition) is 3. The average Bonchev–Trinajstić information content (AvgIpc) is 2.47. The zero-order valence-electron chi connectivity index (χ0n) is 7.84. The number of nitrogens with zero attached hydrogens (tertiary/aromatic N) is 1. The van der Waals surface area contributed by atoms with Crippen LogP contribution in [0.2, 0.25) is 0 Å². The quantitative estimate of drug-likeness (QED) is 0.720. The lowest BCUT2D eigenvalue weighted by molar-refractivity contribution is 0.512. The molecule has 0 amide bonds. The van der Waals surface area contributed by atoms with Gasteiger partial charge in [-0.1, -0.05) is 19.8 Å². The van der Waals surface area contributed by atoms with Crippen molar-refractivity contribution in [3.8, 4) is 6.07 Å². The van der Waals surface area contributed by atoms with E-state index in [-0.39, 0.29) is 5.88 Å². The zero-order valence-corrected chi connectivity index (χ0v) is 7.84. The van der Waals surface area contributed by atoms with Crippen molar-refractivity contribution in [1.82, 2.24) is 0 Å². The fourth-order valence-corrected chi connectivity index (χ4v) is 1.22. The van der Waals surface area contributed by atoms with Crippen molar-refractivity contribution < 1.29 is 4.42 Å². The van der Waals surface area contributed by atoms with Crippen LogP contribution in [0.1, 0.15) is 37.5 Å². The lowest BCUT2D eigenvalue weighted by Crippen LogP contribution is -1.82. The number of nitriles is 1. The van der Waals surface area contributed by atoms with Gasteiger partial charge in [-0.3, -0.25) is 0 Å². The predicted molar refractivity (Wildman–Crippen MR) is 51.1 cm³/mol. The molecule has 0 atom stereocenters. The predicted octanol–water partition coefficient (Wildman–Crippen LogP) is 2.47. The summed E-state index contributed by atoms with van der Waals surface area (Å²) in [5.74, 6) is 1.07. The number of nitrogen functional groups attached to an aromatic ring is 1. The average molecular weight is 178 g/mol. The number of unbranched alkanes of at least 4 members (excludes halogenated alkanes) is 2. The van der Waals surface area contributed by atoms with E-state index in [9.17, 15) is 0 Å². The summed E-state index contributed by atoms with van der Waals surface area (Å²) >= 11 is 0. The van der Waals surface area contributed by atoms with Crippen LogP contribution in [0, 0.1) is 11.3 Å². The van der Waals surface area contributed by atoms with Crippen LogP contribution in [0.5, 0.6) is 0 Å². The van der Waals surface area contributed by atoms with E-state index in [1.165, 1.54) is 12.8 Å². The maximum Gasteiger partial charge on any atom is 0.208 e. The minimum absolute atomic E-state index is 0.244. The summed E-state index contributed by atoms with van der Waals surface area (Å²) in [5.41, 5.74) is 5.92. The molecule has 0 bridgehead atoms. The van der Waals surface area contributed by atoms with Gasteiger partial charge in [0.05, 0.1) is 0 Å². The van der Waals surface area contributed by atoms with Gasteiger partial charge in [-0.25, -0.2) is 0 Å². The first-order valence-electron chi connectivity index (χ1n) is 4.56. The third-order valence-electron chi connectivity index (χ3n) is 1.96. The maximum atomic E-state index is 8.61. The van der Waals surface area contributed by atoms with Gasteiger partial charge in [0.15, 0.2) is 0 Å². The first-order valence-corrected chi connectivity index (χ1v) is 4.56. The molecule has 1 heterocycles. The fraction of sp³-hybridized carbons (Fsp3) is 0.500. The number of nitrogens with two attached hydrogens (primary N) is 1. The topological polar surface area (TPSA) is 63.0 Å². The second-order valence-electron chi connectivity index (χ2n) is 3.06. The zero-order chi connectivity index (χ0) is 9.68. The monoisotopic (exact) mass is 178 g/mol. The Morgan fingerprint density at radius 2 is 2.31 bits per heavy atom. The first-order chi connectivity index (χ1) is 6.27. The largest absolute Gasteiger partial charge is 0.445 e. The molecule has 13 heavy (non-hydrogen) atoms. The molecular formula is C10H14N2O. The van der Waals surface area contributed by atoms with Crippen molar-refractivity contribution in [2.75, 3.05) is 5.73 Å². The normalized spacial score (nSPS) is 9.85. The highest BCUT2D eigenvalue weighted by Crippen LogP contribution is 2.18. The highest BCUT2D eigenvalue weighted by molar-refractivity contribution is 5.47. The van der Waals surface area contributed by atoms with Crippen molar-refractivity contribution in [2.24, 2.45) is 0 Å². The van der Waals surface area contributed by atoms with Gasteiger partial charge in [0.1, 0.15) is 17.4 Å². The molecule has 2 N–H and O–H groups in total. The van der Waals surface area contributed by atoms with Gasteiger partial charge >= 0.3 is 0 Å². The number of rotatable bonds is 4. The highest BCUT2D eigenvalue weighted by Gasteiger charge is 2.06. The van der Waals surface area contributed by atoms with E-state index in [2.05, 4.69) is 6.92 Å². The Labute approximate surface area is 78.1 Å². The van der Waals surface area contributed by atoms with Gasteiger partial charge in [0.2, 0.25) is 5.88 Å². The van der Waals surface area contributed by atoms with Crippen molar-refractivity contribution in [3.05, 3.63) is 17.4 Å². The van der Waals surface area contributed by atoms with Crippen molar-refractivity contribution in [3.63, 3.8) is 0 Å². The lowest BCUT2D eigenvalue weighted by Gasteiger charge is -1.93.